The highest BCUT2D eigenvalue weighted by Gasteiger charge is 2.26. The fourth-order valence-electron chi connectivity index (χ4n) is 4.92. The molecule has 0 aliphatic carbocycles. The minimum Gasteiger partial charge on any atom is -0.379 e. The first-order valence-corrected chi connectivity index (χ1v) is 13.6. The van der Waals surface area contributed by atoms with Crippen LogP contribution in [0, 0.1) is 6.92 Å². The summed E-state index contributed by atoms with van der Waals surface area (Å²) in [6.07, 6.45) is 0. The van der Waals surface area contributed by atoms with E-state index in [-0.39, 0.29) is 18.4 Å². The number of carbonyl (C=O) groups excluding carboxylic acids is 2. The molecular weight excluding hydrogens is 492 g/mol. The van der Waals surface area contributed by atoms with Crippen LogP contribution in [0.25, 0.3) is 11.3 Å². The Balaban J connectivity index is 1.17. The number of piperazine rings is 1. The molecule has 204 valence electrons. The van der Waals surface area contributed by atoms with E-state index in [0.29, 0.717) is 51.5 Å². The molecule has 0 unspecified atom stereocenters. The van der Waals surface area contributed by atoms with Gasteiger partial charge in [-0.2, -0.15) is 0 Å². The molecule has 0 saturated carbocycles. The number of carbonyl (C=O) groups is 2. The second kappa shape index (κ2) is 12.8. The summed E-state index contributed by atoms with van der Waals surface area (Å²) < 4.78 is 5.44. The molecule has 39 heavy (non-hydrogen) atoms. The van der Waals surface area contributed by atoms with Gasteiger partial charge in [-0.1, -0.05) is 48.0 Å². The van der Waals surface area contributed by atoms with E-state index in [0.717, 1.165) is 36.7 Å². The molecule has 2 saturated heterocycles. The molecule has 9 nitrogen and oxygen atoms in total. The molecule has 0 radical (unpaired) electrons. The third-order valence-electron chi connectivity index (χ3n) is 7.38. The molecule has 3 heterocycles. The predicted molar refractivity (Wildman–Crippen MR) is 151 cm³/mol. The number of nitrogens with zero attached hydrogens (tertiary/aromatic N) is 6. The summed E-state index contributed by atoms with van der Waals surface area (Å²) in [5.41, 5.74) is 3.69. The smallest absolute Gasteiger partial charge is 0.254 e. The second-order valence-electron chi connectivity index (χ2n) is 10.1. The average molecular weight is 529 g/mol. The van der Waals surface area contributed by atoms with Crippen molar-refractivity contribution in [1.29, 1.82) is 0 Å². The number of aryl methyl sites for hydroxylation is 1. The summed E-state index contributed by atoms with van der Waals surface area (Å²) in [4.78, 5) is 34.6. The van der Waals surface area contributed by atoms with Gasteiger partial charge in [0.2, 0.25) is 5.91 Å². The predicted octanol–water partition coefficient (Wildman–Crippen LogP) is 2.58. The van der Waals surface area contributed by atoms with Crippen LogP contribution in [-0.2, 0) is 9.53 Å². The van der Waals surface area contributed by atoms with Crippen LogP contribution in [0.4, 0.5) is 5.82 Å². The van der Waals surface area contributed by atoms with Gasteiger partial charge in [-0.15, -0.1) is 10.2 Å². The molecule has 1 aromatic heterocycles. The first kappa shape index (κ1) is 26.8. The molecule has 2 aromatic carbocycles. The third-order valence-corrected chi connectivity index (χ3v) is 7.38. The SMILES string of the molecule is Cc1ccc(-c2ccc(N3CCN(C(=O)CN(CCN4CCOCC4)C(=O)c4ccccc4)CC3)nn2)cc1. The molecule has 0 bridgehead atoms. The summed E-state index contributed by atoms with van der Waals surface area (Å²) in [7, 11) is 0. The summed E-state index contributed by atoms with van der Waals surface area (Å²) in [6.45, 7) is 8.96. The maximum atomic E-state index is 13.3. The maximum Gasteiger partial charge on any atom is 0.254 e. The lowest BCUT2D eigenvalue weighted by molar-refractivity contribution is -0.132. The van der Waals surface area contributed by atoms with Gasteiger partial charge in [0.1, 0.15) is 6.54 Å². The van der Waals surface area contributed by atoms with E-state index in [1.807, 2.05) is 35.2 Å². The Morgan fingerprint density at radius 3 is 2.23 bits per heavy atom. The molecular formula is C30H36N6O3. The quantitative estimate of drug-likeness (QED) is 0.445. The number of anilines is 1. The lowest BCUT2D eigenvalue weighted by Crippen LogP contribution is -2.53. The number of hydrogen-bond donors (Lipinski definition) is 0. The van der Waals surface area contributed by atoms with Crippen molar-refractivity contribution >= 4 is 17.6 Å². The number of ether oxygens (including phenoxy) is 1. The van der Waals surface area contributed by atoms with Gasteiger partial charge >= 0.3 is 0 Å². The number of morpholine rings is 1. The highest BCUT2D eigenvalue weighted by atomic mass is 16.5. The van der Waals surface area contributed by atoms with Crippen molar-refractivity contribution < 1.29 is 14.3 Å². The molecule has 2 fully saturated rings. The normalized spacial score (nSPS) is 16.2. The Hall–Kier alpha value is -3.82. The van der Waals surface area contributed by atoms with Crippen LogP contribution in [0.1, 0.15) is 15.9 Å². The molecule has 0 atom stereocenters. The van der Waals surface area contributed by atoms with Gasteiger partial charge in [0, 0.05) is 63.5 Å². The van der Waals surface area contributed by atoms with Crippen molar-refractivity contribution in [2.45, 2.75) is 6.92 Å². The van der Waals surface area contributed by atoms with Crippen molar-refractivity contribution in [2.75, 3.05) is 77.0 Å². The minimum absolute atomic E-state index is 0.0262. The van der Waals surface area contributed by atoms with Gasteiger partial charge in [-0.3, -0.25) is 14.5 Å². The Labute approximate surface area is 230 Å². The van der Waals surface area contributed by atoms with Gasteiger partial charge in [0.25, 0.3) is 5.91 Å². The topological polar surface area (TPSA) is 82.1 Å². The van der Waals surface area contributed by atoms with E-state index in [9.17, 15) is 9.59 Å². The van der Waals surface area contributed by atoms with Crippen LogP contribution >= 0.6 is 0 Å². The van der Waals surface area contributed by atoms with Gasteiger partial charge < -0.3 is 19.4 Å². The van der Waals surface area contributed by atoms with E-state index < -0.39 is 0 Å². The van der Waals surface area contributed by atoms with Crippen LogP contribution in [0.2, 0.25) is 0 Å². The number of aromatic nitrogens is 2. The summed E-state index contributed by atoms with van der Waals surface area (Å²) in [5.74, 6) is 0.672. The number of rotatable bonds is 8. The van der Waals surface area contributed by atoms with E-state index in [2.05, 4.69) is 51.2 Å². The molecule has 0 N–H and O–H groups in total. The molecule has 0 spiro atoms. The fraction of sp³-hybridized carbons (Fsp3) is 0.400. The van der Waals surface area contributed by atoms with Gasteiger partial charge in [-0.25, -0.2) is 0 Å². The maximum absolute atomic E-state index is 13.3. The van der Waals surface area contributed by atoms with Crippen molar-refractivity contribution in [3.63, 3.8) is 0 Å². The lowest BCUT2D eigenvalue weighted by Gasteiger charge is -2.36. The molecule has 3 aromatic rings. The van der Waals surface area contributed by atoms with Gasteiger partial charge in [0.15, 0.2) is 5.82 Å². The van der Waals surface area contributed by atoms with Crippen molar-refractivity contribution in [3.8, 4) is 11.3 Å². The summed E-state index contributed by atoms with van der Waals surface area (Å²) in [6, 6.07) is 21.4. The zero-order chi connectivity index (χ0) is 27.0. The van der Waals surface area contributed by atoms with Crippen molar-refractivity contribution in [2.24, 2.45) is 0 Å². The standard InChI is InChI=1S/C30H36N6O3/c1-24-7-9-25(10-8-24)27-11-12-28(32-31-27)34-15-17-35(18-16-34)29(37)23-36(14-13-33-19-21-39-22-20-33)30(38)26-5-3-2-4-6-26/h2-12H,13-23H2,1H3. The molecule has 2 aliphatic rings. The van der Waals surface area contributed by atoms with Crippen LogP contribution in [0.5, 0.6) is 0 Å². The van der Waals surface area contributed by atoms with Crippen molar-refractivity contribution in [3.05, 3.63) is 77.9 Å². The average Bonchev–Trinajstić information content (AvgIpc) is 3.00. The Morgan fingerprint density at radius 1 is 0.846 bits per heavy atom. The molecule has 2 aliphatic heterocycles. The highest BCUT2D eigenvalue weighted by molar-refractivity contribution is 5.96. The Kier molecular flexibility index (Phi) is 8.80. The second-order valence-corrected chi connectivity index (χ2v) is 10.1. The largest absolute Gasteiger partial charge is 0.379 e. The Morgan fingerprint density at radius 2 is 1.56 bits per heavy atom. The third kappa shape index (κ3) is 6.99. The zero-order valence-electron chi connectivity index (χ0n) is 22.5. The summed E-state index contributed by atoms with van der Waals surface area (Å²) in [5, 5.41) is 8.88. The number of hydrogen-bond acceptors (Lipinski definition) is 7. The van der Waals surface area contributed by atoms with Crippen molar-refractivity contribution in [1.82, 2.24) is 24.9 Å². The van der Waals surface area contributed by atoms with Gasteiger partial charge in [-0.05, 0) is 31.2 Å². The first-order valence-electron chi connectivity index (χ1n) is 13.6. The summed E-state index contributed by atoms with van der Waals surface area (Å²) >= 11 is 0. The molecule has 5 rings (SSSR count). The van der Waals surface area contributed by atoms with E-state index in [4.69, 9.17) is 4.74 Å². The van der Waals surface area contributed by atoms with Crippen LogP contribution in [0.3, 0.4) is 0 Å². The Bertz CT molecular complexity index is 1220. The zero-order valence-corrected chi connectivity index (χ0v) is 22.5. The first-order chi connectivity index (χ1) is 19.1. The molecule has 9 heteroatoms. The van der Waals surface area contributed by atoms with E-state index in [1.54, 1.807) is 17.0 Å². The highest BCUT2D eigenvalue weighted by Crippen LogP contribution is 2.20. The number of amides is 2. The van der Waals surface area contributed by atoms with Crippen LogP contribution in [0.15, 0.2) is 66.7 Å². The number of benzene rings is 2. The minimum atomic E-state index is -0.111. The lowest BCUT2D eigenvalue weighted by atomic mass is 10.1. The van der Waals surface area contributed by atoms with E-state index >= 15 is 0 Å². The van der Waals surface area contributed by atoms with Gasteiger partial charge in [0.05, 0.1) is 18.9 Å². The fourth-order valence-corrected chi connectivity index (χ4v) is 4.92. The van der Waals surface area contributed by atoms with E-state index in [1.165, 1.54) is 5.56 Å². The monoisotopic (exact) mass is 528 g/mol. The van der Waals surface area contributed by atoms with Crippen LogP contribution < -0.4 is 4.90 Å². The van der Waals surface area contributed by atoms with Crippen LogP contribution in [-0.4, -0.2) is 109 Å². The molecule has 2 amide bonds.